The average molecular weight is 238 g/mol. The number of aliphatic hydroxyl groups excluding tert-OH is 1. The SMILES string of the molecule is CCC(C)(CO)CNCc1ccc(OC)nc1. The Labute approximate surface area is 103 Å². The van der Waals surface area contributed by atoms with Gasteiger partial charge >= 0.3 is 0 Å². The lowest BCUT2D eigenvalue weighted by molar-refractivity contribution is 0.135. The fourth-order valence-corrected chi connectivity index (χ4v) is 1.44. The second kappa shape index (κ2) is 6.57. The summed E-state index contributed by atoms with van der Waals surface area (Å²) in [6.45, 7) is 5.93. The highest BCUT2D eigenvalue weighted by molar-refractivity contribution is 5.17. The van der Waals surface area contributed by atoms with Crippen molar-refractivity contribution in [2.45, 2.75) is 26.8 Å². The smallest absolute Gasteiger partial charge is 0.212 e. The van der Waals surface area contributed by atoms with Gasteiger partial charge in [-0.25, -0.2) is 4.98 Å². The van der Waals surface area contributed by atoms with Gasteiger partial charge in [0.05, 0.1) is 7.11 Å². The maximum Gasteiger partial charge on any atom is 0.212 e. The van der Waals surface area contributed by atoms with Crippen molar-refractivity contribution in [1.82, 2.24) is 10.3 Å². The number of nitrogens with one attached hydrogen (secondary N) is 1. The van der Waals surface area contributed by atoms with Crippen LogP contribution in [0.3, 0.4) is 0 Å². The summed E-state index contributed by atoms with van der Waals surface area (Å²) in [5, 5.41) is 12.6. The monoisotopic (exact) mass is 238 g/mol. The molecule has 2 N–H and O–H groups in total. The minimum absolute atomic E-state index is 0.0418. The van der Waals surface area contributed by atoms with Crippen LogP contribution in [0.5, 0.6) is 5.88 Å². The van der Waals surface area contributed by atoms with E-state index in [4.69, 9.17) is 4.74 Å². The normalized spacial score (nSPS) is 14.4. The summed E-state index contributed by atoms with van der Waals surface area (Å²) in [7, 11) is 1.61. The van der Waals surface area contributed by atoms with Crippen molar-refractivity contribution in [3.05, 3.63) is 23.9 Å². The van der Waals surface area contributed by atoms with Crippen molar-refractivity contribution in [3.8, 4) is 5.88 Å². The molecule has 0 saturated carbocycles. The Morgan fingerprint density at radius 1 is 1.47 bits per heavy atom. The van der Waals surface area contributed by atoms with Gasteiger partial charge < -0.3 is 15.2 Å². The van der Waals surface area contributed by atoms with Gasteiger partial charge in [-0.3, -0.25) is 0 Å². The van der Waals surface area contributed by atoms with Crippen molar-refractivity contribution in [1.29, 1.82) is 0 Å². The predicted molar refractivity (Wildman–Crippen MR) is 68.0 cm³/mol. The lowest BCUT2D eigenvalue weighted by atomic mass is 9.88. The molecule has 0 bridgehead atoms. The van der Waals surface area contributed by atoms with E-state index in [2.05, 4.69) is 24.1 Å². The zero-order valence-electron chi connectivity index (χ0n) is 10.9. The molecule has 1 unspecified atom stereocenters. The molecular weight excluding hydrogens is 216 g/mol. The van der Waals surface area contributed by atoms with Crippen molar-refractivity contribution in [3.63, 3.8) is 0 Å². The van der Waals surface area contributed by atoms with Gasteiger partial charge in [-0.15, -0.1) is 0 Å². The van der Waals surface area contributed by atoms with Crippen molar-refractivity contribution >= 4 is 0 Å². The number of pyridine rings is 1. The molecule has 1 rings (SSSR count). The first-order valence-electron chi connectivity index (χ1n) is 5.94. The largest absolute Gasteiger partial charge is 0.481 e. The zero-order chi connectivity index (χ0) is 12.7. The number of nitrogens with zero attached hydrogens (tertiary/aromatic N) is 1. The molecule has 4 heteroatoms. The van der Waals surface area contributed by atoms with Gasteiger partial charge in [-0.2, -0.15) is 0 Å². The van der Waals surface area contributed by atoms with E-state index in [0.717, 1.165) is 25.1 Å². The molecule has 0 aliphatic heterocycles. The Hall–Kier alpha value is -1.13. The molecule has 0 radical (unpaired) electrons. The molecule has 1 atom stereocenters. The van der Waals surface area contributed by atoms with Gasteiger partial charge in [0.2, 0.25) is 5.88 Å². The van der Waals surface area contributed by atoms with E-state index in [1.54, 1.807) is 13.3 Å². The number of hydrogen-bond acceptors (Lipinski definition) is 4. The van der Waals surface area contributed by atoms with E-state index >= 15 is 0 Å². The summed E-state index contributed by atoms with van der Waals surface area (Å²) >= 11 is 0. The van der Waals surface area contributed by atoms with Gasteiger partial charge in [0.15, 0.2) is 0 Å². The van der Waals surface area contributed by atoms with E-state index in [9.17, 15) is 5.11 Å². The molecule has 1 heterocycles. The quantitative estimate of drug-likeness (QED) is 0.757. The van der Waals surface area contributed by atoms with Crippen LogP contribution in [0.2, 0.25) is 0 Å². The van der Waals surface area contributed by atoms with Gasteiger partial charge in [0.25, 0.3) is 0 Å². The number of hydrogen-bond donors (Lipinski definition) is 2. The maximum absolute atomic E-state index is 9.28. The third-order valence-corrected chi connectivity index (χ3v) is 3.12. The first-order chi connectivity index (χ1) is 8.13. The Morgan fingerprint density at radius 2 is 2.24 bits per heavy atom. The van der Waals surface area contributed by atoms with Crippen LogP contribution in [-0.2, 0) is 6.54 Å². The standard InChI is InChI=1S/C13H22N2O2/c1-4-13(2,10-16)9-14-7-11-5-6-12(17-3)15-8-11/h5-6,8,14,16H,4,7,9-10H2,1-3H3. The third kappa shape index (κ3) is 4.32. The van der Waals surface area contributed by atoms with E-state index in [-0.39, 0.29) is 12.0 Å². The summed E-state index contributed by atoms with van der Waals surface area (Å²) < 4.78 is 5.00. The average Bonchev–Trinajstić information content (AvgIpc) is 2.39. The van der Waals surface area contributed by atoms with E-state index < -0.39 is 0 Å². The highest BCUT2D eigenvalue weighted by atomic mass is 16.5. The third-order valence-electron chi connectivity index (χ3n) is 3.12. The van der Waals surface area contributed by atoms with Gasteiger partial charge in [0.1, 0.15) is 0 Å². The van der Waals surface area contributed by atoms with Crippen LogP contribution in [0, 0.1) is 5.41 Å². The molecule has 0 aliphatic rings. The first kappa shape index (κ1) is 13.9. The second-order valence-electron chi connectivity index (χ2n) is 4.63. The second-order valence-corrected chi connectivity index (χ2v) is 4.63. The van der Waals surface area contributed by atoms with Crippen molar-refractivity contribution in [2.24, 2.45) is 5.41 Å². The molecule has 1 aromatic heterocycles. The number of rotatable bonds is 7. The van der Waals surface area contributed by atoms with Gasteiger partial charge in [0, 0.05) is 37.4 Å². The molecule has 4 nitrogen and oxygen atoms in total. The lowest BCUT2D eigenvalue weighted by Crippen LogP contribution is -2.34. The Bertz CT molecular complexity index is 321. The number of aliphatic hydroxyl groups is 1. The van der Waals surface area contributed by atoms with Crippen LogP contribution in [-0.4, -0.2) is 30.4 Å². The van der Waals surface area contributed by atoms with Crippen LogP contribution >= 0.6 is 0 Å². The predicted octanol–water partition coefficient (Wildman–Crippen LogP) is 1.59. The fourth-order valence-electron chi connectivity index (χ4n) is 1.44. The minimum atomic E-state index is -0.0418. The number of ether oxygens (including phenoxy) is 1. The van der Waals surface area contributed by atoms with Crippen LogP contribution in [0.15, 0.2) is 18.3 Å². The highest BCUT2D eigenvalue weighted by Crippen LogP contribution is 2.18. The summed E-state index contributed by atoms with van der Waals surface area (Å²) in [5.41, 5.74) is 1.07. The van der Waals surface area contributed by atoms with Crippen LogP contribution in [0.25, 0.3) is 0 Å². The van der Waals surface area contributed by atoms with Crippen LogP contribution < -0.4 is 10.1 Å². The maximum atomic E-state index is 9.28. The van der Waals surface area contributed by atoms with E-state index in [1.165, 1.54) is 0 Å². The summed E-state index contributed by atoms with van der Waals surface area (Å²) in [4.78, 5) is 4.14. The molecular formula is C13H22N2O2. The summed E-state index contributed by atoms with van der Waals surface area (Å²) in [5.74, 6) is 0.627. The van der Waals surface area contributed by atoms with Crippen LogP contribution in [0.4, 0.5) is 0 Å². The highest BCUT2D eigenvalue weighted by Gasteiger charge is 2.19. The zero-order valence-corrected chi connectivity index (χ0v) is 10.9. The molecule has 0 amide bonds. The molecule has 0 spiro atoms. The van der Waals surface area contributed by atoms with E-state index in [1.807, 2.05) is 12.1 Å². The molecule has 0 fully saturated rings. The summed E-state index contributed by atoms with van der Waals surface area (Å²) in [6, 6.07) is 3.84. The van der Waals surface area contributed by atoms with E-state index in [0.29, 0.717) is 5.88 Å². The number of methoxy groups -OCH3 is 1. The Morgan fingerprint density at radius 3 is 2.71 bits per heavy atom. The molecule has 0 aliphatic carbocycles. The molecule has 17 heavy (non-hydrogen) atoms. The molecule has 0 aromatic carbocycles. The van der Waals surface area contributed by atoms with Gasteiger partial charge in [-0.1, -0.05) is 19.9 Å². The molecule has 96 valence electrons. The molecule has 1 aromatic rings. The van der Waals surface area contributed by atoms with Crippen molar-refractivity contribution < 1.29 is 9.84 Å². The lowest BCUT2D eigenvalue weighted by Gasteiger charge is -2.25. The minimum Gasteiger partial charge on any atom is -0.481 e. The Balaban J connectivity index is 2.40. The van der Waals surface area contributed by atoms with Gasteiger partial charge in [-0.05, 0) is 12.0 Å². The Kier molecular flexibility index (Phi) is 5.38. The topological polar surface area (TPSA) is 54.4 Å². The van der Waals surface area contributed by atoms with Crippen molar-refractivity contribution in [2.75, 3.05) is 20.3 Å². The number of aromatic nitrogens is 1. The summed E-state index contributed by atoms with van der Waals surface area (Å²) in [6.07, 6.45) is 2.76. The molecule has 0 saturated heterocycles. The fraction of sp³-hybridized carbons (Fsp3) is 0.615. The van der Waals surface area contributed by atoms with Crippen LogP contribution in [0.1, 0.15) is 25.8 Å². The first-order valence-corrected chi connectivity index (χ1v) is 5.94.